The van der Waals surface area contributed by atoms with Crippen LogP contribution in [-0.2, 0) is 12.0 Å². The van der Waals surface area contributed by atoms with Crippen molar-refractivity contribution in [1.29, 1.82) is 10.5 Å². The van der Waals surface area contributed by atoms with Gasteiger partial charge in [-0.05, 0) is 36.8 Å². The van der Waals surface area contributed by atoms with E-state index in [0.717, 1.165) is 0 Å². The van der Waals surface area contributed by atoms with Crippen molar-refractivity contribution in [3.63, 3.8) is 0 Å². The lowest BCUT2D eigenvalue weighted by Gasteiger charge is -2.24. The first-order valence-electron chi connectivity index (χ1n) is 7.79. The zero-order chi connectivity index (χ0) is 17.7. The monoisotopic (exact) mass is 328 g/mol. The van der Waals surface area contributed by atoms with Gasteiger partial charge in [-0.25, -0.2) is 4.98 Å². The molecule has 0 N–H and O–H groups in total. The van der Waals surface area contributed by atoms with Gasteiger partial charge in [0.2, 0.25) is 0 Å². The first-order chi connectivity index (χ1) is 12.1. The lowest BCUT2D eigenvalue weighted by Crippen LogP contribution is -2.27. The molecule has 0 bridgehead atoms. The molecule has 1 unspecified atom stereocenters. The van der Waals surface area contributed by atoms with E-state index in [9.17, 15) is 10.5 Å². The van der Waals surface area contributed by atoms with Crippen molar-refractivity contribution in [3.8, 4) is 23.6 Å². The van der Waals surface area contributed by atoms with Gasteiger partial charge in [0.25, 0.3) is 0 Å². The normalized spacial score (nSPS) is 12.6. The average molecular weight is 328 g/mol. The lowest BCUT2D eigenvalue weighted by atomic mass is 9.81. The maximum Gasteiger partial charge on any atom is 0.128 e. The minimum absolute atomic E-state index is 0.414. The molecule has 122 valence electrons. The van der Waals surface area contributed by atoms with Gasteiger partial charge in [-0.2, -0.15) is 10.5 Å². The van der Waals surface area contributed by atoms with E-state index in [-0.39, 0.29) is 0 Å². The zero-order valence-electron chi connectivity index (χ0n) is 13.8. The summed E-state index contributed by atoms with van der Waals surface area (Å²) in [5, 5.41) is 19.3. The fraction of sp³-hybridized carbons (Fsp3) is 0.150. The highest BCUT2D eigenvalue weighted by Crippen LogP contribution is 2.32. The van der Waals surface area contributed by atoms with Gasteiger partial charge in [-0.15, -0.1) is 0 Å². The lowest BCUT2D eigenvalue weighted by molar-refractivity contribution is 0.476. The second kappa shape index (κ2) is 6.90. The second-order valence-electron chi connectivity index (χ2n) is 5.91. The van der Waals surface area contributed by atoms with Gasteiger partial charge in [0.05, 0.1) is 29.4 Å². The number of hydrogen-bond donors (Lipinski definition) is 0. The molecule has 1 atom stereocenters. The molecule has 25 heavy (non-hydrogen) atoms. The van der Waals surface area contributed by atoms with E-state index < -0.39 is 5.41 Å². The summed E-state index contributed by atoms with van der Waals surface area (Å²) in [5.41, 5.74) is 0.251. The number of rotatable bonds is 5. The van der Waals surface area contributed by atoms with E-state index in [0.29, 0.717) is 29.2 Å². The summed E-state index contributed by atoms with van der Waals surface area (Å²) in [6.07, 6.45) is 5.13. The molecule has 0 saturated carbocycles. The summed E-state index contributed by atoms with van der Waals surface area (Å²) >= 11 is 0. The maximum absolute atomic E-state index is 9.74. The van der Waals surface area contributed by atoms with E-state index in [4.69, 9.17) is 4.74 Å². The van der Waals surface area contributed by atoms with Gasteiger partial charge >= 0.3 is 0 Å². The van der Waals surface area contributed by atoms with Gasteiger partial charge in [0.1, 0.15) is 11.5 Å². The van der Waals surface area contributed by atoms with Gasteiger partial charge in [-0.1, -0.05) is 24.3 Å². The van der Waals surface area contributed by atoms with Crippen LogP contribution < -0.4 is 4.74 Å². The highest BCUT2D eigenvalue weighted by atomic mass is 16.5. The van der Waals surface area contributed by atoms with Crippen LogP contribution in [0.3, 0.4) is 0 Å². The summed E-state index contributed by atoms with van der Waals surface area (Å²) in [4.78, 5) is 4.01. The molecule has 0 saturated heterocycles. The van der Waals surface area contributed by atoms with Gasteiger partial charge < -0.3 is 9.30 Å². The van der Waals surface area contributed by atoms with Crippen molar-refractivity contribution in [2.24, 2.45) is 0 Å². The Labute approximate surface area is 146 Å². The Bertz CT molecular complexity index is 936. The van der Waals surface area contributed by atoms with Crippen molar-refractivity contribution in [1.82, 2.24) is 9.55 Å². The molecule has 2 aromatic carbocycles. The van der Waals surface area contributed by atoms with E-state index in [1.165, 1.54) is 0 Å². The van der Waals surface area contributed by atoms with Gasteiger partial charge in [0, 0.05) is 18.9 Å². The smallest absolute Gasteiger partial charge is 0.128 e. The minimum atomic E-state index is -0.850. The van der Waals surface area contributed by atoms with E-state index in [2.05, 4.69) is 17.1 Å². The number of ether oxygens (including phenoxy) is 1. The SMILES string of the molecule is CC(C#N)(Cn1ccnc1)c1ccc(Oc2ccccc2)cc1C#N. The fourth-order valence-electron chi connectivity index (χ4n) is 2.71. The third kappa shape index (κ3) is 3.52. The molecule has 0 aliphatic heterocycles. The Morgan fingerprint density at radius 2 is 1.92 bits per heavy atom. The Kier molecular flexibility index (Phi) is 4.50. The maximum atomic E-state index is 9.74. The highest BCUT2D eigenvalue weighted by Gasteiger charge is 2.30. The summed E-state index contributed by atoms with van der Waals surface area (Å²) in [5.74, 6) is 1.26. The Balaban J connectivity index is 1.93. The number of nitrogens with zero attached hydrogens (tertiary/aromatic N) is 4. The third-order valence-electron chi connectivity index (χ3n) is 3.99. The Hall–Kier alpha value is -3.57. The third-order valence-corrected chi connectivity index (χ3v) is 3.99. The number of nitriles is 2. The van der Waals surface area contributed by atoms with Crippen LogP contribution in [0.4, 0.5) is 0 Å². The summed E-state index contributed by atoms with van der Waals surface area (Å²) in [6, 6.07) is 19.1. The van der Waals surface area contributed by atoms with Gasteiger partial charge in [0.15, 0.2) is 0 Å². The van der Waals surface area contributed by atoms with Crippen LogP contribution in [0, 0.1) is 22.7 Å². The zero-order valence-corrected chi connectivity index (χ0v) is 13.8. The van der Waals surface area contributed by atoms with Crippen molar-refractivity contribution in [2.75, 3.05) is 0 Å². The molecule has 3 aromatic rings. The summed E-state index contributed by atoms with van der Waals surface area (Å²) in [7, 11) is 0. The van der Waals surface area contributed by atoms with Crippen molar-refractivity contribution in [3.05, 3.63) is 78.4 Å². The van der Waals surface area contributed by atoms with Crippen molar-refractivity contribution in [2.45, 2.75) is 18.9 Å². The topological polar surface area (TPSA) is 74.6 Å². The van der Waals surface area contributed by atoms with E-state index in [1.54, 1.807) is 36.9 Å². The van der Waals surface area contributed by atoms with E-state index in [1.807, 2.05) is 41.8 Å². The quantitative estimate of drug-likeness (QED) is 0.708. The molecule has 1 aromatic heterocycles. The Morgan fingerprint density at radius 1 is 1.12 bits per heavy atom. The molecule has 3 rings (SSSR count). The molecule has 0 aliphatic carbocycles. The number of benzene rings is 2. The average Bonchev–Trinajstić information content (AvgIpc) is 3.15. The Morgan fingerprint density at radius 3 is 2.56 bits per heavy atom. The van der Waals surface area contributed by atoms with E-state index >= 15 is 0 Å². The highest BCUT2D eigenvalue weighted by molar-refractivity contribution is 5.50. The van der Waals surface area contributed by atoms with Crippen LogP contribution in [0.5, 0.6) is 11.5 Å². The van der Waals surface area contributed by atoms with Crippen molar-refractivity contribution < 1.29 is 4.74 Å². The number of para-hydroxylation sites is 1. The second-order valence-corrected chi connectivity index (χ2v) is 5.91. The summed E-state index contributed by atoms with van der Waals surface area (Å²) in [6.45, 7) is 2.23. The first-order valence-corrected chi connectivity index (χ1v) is 7.79. The standard InChI is InChI=1S/C20H16N4O/c1-20(13-22,14-24-10-9-23-15-24)19-8-7-18(11-16(19)12-21)25-17-5-3-2-4-6-17/h2-11,15H,14H2,1H3. The minimum Gasteiger partial charge on any atom is -0.457 e. The predicted molar refractivity (Wildman–Crippen MR) is 92.9 cm³/mol. The van der Waals surface area contributed by atoms with Crippen LogP contribution in [0.2, 0.25) is 0 Å². The van der Waals surface area contributed by atoms with Crippen LogP contribution in [0.15, 0.2) is 67.3 Å². The molecule has 0 amide bonds. The number of aromatic nitrogens is 2. The molecule has 1 heterocycles. The van der Waals surface area contributed by atoms with Crippen LogP contribution in [0.1, 0.15) is 18.1 Å². The molecule has 0 radical (unpaired) electrons. The fourth-order valence-corrected chi connectivity index (χ4v) is 2.71. The molecule has 0 fully saturated rings. The van der Waals surface area contributed by atoms with Crippen LogP contribution in [-0.4, -0.2) is 9.55 Å². The molecule has 0 spiro atoms. The largest absolute Gasteiger partial charge is 0.457 e. The van der Waals surface area contributed by atoms with Crippen LogP contribution in [0.25, 0.3) is 0 Å². The molecular weight excluding hydrogens is 312 g/mol. The molecule has 0 aliphatic rings. The molecular formula is C20H16N4O. The number of imidazole rings is 1. The molecule has 5 heteroatoms. The van der Waals surface area contributed by atoms with Crippen molar-refractivity contribution >= 4 is 0 Å². The summed E-state index contributed by atoms with van der Waals surface area (Å²) < 4.78 is 7.61. The predicted octanol–water partition coefficient (Wildman–Crippen LogP) is 4.03. The number of hydrogen-bond acceptors (Lipinski definition) is 4. The van der Waals surface area contributed by atoms with Crippen LogP contribution >= 0.6 is 0 Å². The first kappa shape index (κ1) is 16.3. The molecule has 5 nitrogen and oxygen atoms in total. The van der Waals surface area contributed by atoms with Gasteiger partial charge in [-0.3, -0.25) is 0 Å².